The van der Waals surface area contributed by atoms with Crippen LogP contribution in [0.3, 0.4) is 0 Å². The lowest BCUT2D eigenvalue weighted by Crippen LogP contribution is -2.43. The summed E-state index contributed by atoms with van der Waals surface area (Å²) in [5, 5.41) is 0. The smallest absolute Gasteiger partial charge is 0.222 e. The van der Waals surface area contributed by atoms with Gasteiger partial charge in [-0.3, -0.25) is 24.1 Å². The van der Waals surface area contributed by atoms with Gasteiger partial charge < -0.3 is 4.90 Å². The molecule has 0 heterocycles. The van der Waals surface area contributed by atoms with Gasteiger partial charge in [-0.25, -0.2) is 0 Å². The third-order valence-corrected chi connectivity index (χ3v) is 2.65. The summed E-state index contributed by atoms with van der Waals surface area (Å²) in [6.45, 7) is 7.24. The fourth-order valence-corrected chi connectivity index (χ4v) is 1.89. The molecule has 0 aromatic heterocycles. The first-order chi connectivity index (χ1) is 9.26. The van der Waals surface area contributed by atoms with E-state index in [9.17, 15) is 19.2 Å². The van der Waals surface area contributed by atoms with E-state index in [-0.39, 0.29) is 42.9 Å². The minimum atomic E-state index is -0.106. The maximum Gasteiger partial charge on any atom is 0.222 e. The molecule has 0 bridgehead atoms. The van der Waals surface area contributed by atoms with Crippen LogP contribution >= 0.6 is 0 Å². The standard InChI is InChI=1S/C14H24N2O4/c1-5-14(20)16(10-13(4)19)7-6-15(8-11(2)17)9-12(3)18/h5-10H2,1-4H3. The zero-order valence-corrected chi connectivity index (χ0v) is 12.8. The van der Waals surface area contributed by atoms with Crippen LogP contribution in [0.25, 0.3) is 0 Å². The highest BCUT2D eigenvalue weighted by Gasteiger charge is 2.16. The lowest BCUT2D eigenvalue weighted by atomic mass is 10.3. The maximum absolute atomic E-state index is 11.7. The van der Waals surface area contributed by atoms with Crippen LogP contribution in [0.1, 0.15) is 34.1 Å². The van der Waals surface area contributed by atoms with Crippen LogP contribution in [0.15, 0.2) is 0 Å². The first-order valence-electron chi connectivity index (χ1n) is 6.74. The molecule has 0 spiro atoms. The maximum atomic E-state index is 11.7. The quantitative estimate of drug-likeness (QED) is 0.576. The molecular formula is C14H24N2O4. The van der Waals surface area contributed by atoms with E-state index in [1.54, 1.807) is 11.8 Å². The first-order valence-corrected chi connectivity index (χ1v) is 6.74. The van der Waals surface area contributed by atoms with E-state index in [0.717, 1.165) is 0 Å². The largest absolute Gasteiger partial charge is 0.334 e. The van der Waals surface area contributed by atoms with E-state index < -0.39 is 0 Å². The number of hydrogen-bond donors (Lipinski definition) is 0. The molecule has 0 rings (SSSR count). The van der Waals surface area contributed by atoms with Crippen molar-refractivity contribution in [3.05, 3.63) is 0 Å². The van der Waals surface area contributed by atoms with Gasteiger partial charge in [0, 0.05) is 19.5 Å². The van der Waals surface area contributed by atoms with Crippen LogP contribution in [-0.2, 0) is 19.2 Å². The molecule has 0 aliphatic carbocycles. The molecule has 6 nitrogen and oxygen atoms in total. The fourth-order valence-electron chi connectivity index (χ4n) is 1.89. The van der Waals surface area contributed by atoms with E-state index in [1.807, 2.05) is 0 Å². The van der Waals surface area contributed by atoms with Crippen LogP contribution in [0.5, 0.6) is 0 Å². The van der Waals surface area contributed by atoms with Crippen LogP contribution in [0.2, 0.25) is 0 Å². The Balaban J connectivity index is 4.58. The van der Waals surface area contributed by atoms with Crippen LogP contribution in [-0.4, -0.2) is 65.8 Å². The van der Waals surface area contributed by atoms with Crippen molar-refractivity contribution >= 4 is 23.3 Å². The number of carbonyl (C=O) groups is 4. The lowest BCUT2D eigenvalue weighted by Gasteiger charge is -2.25. The molecule has 0 aromatic rings. The minimum Gasteiger partial charge on any atom is -0.334 e. The summed E-state index contributed by atoms with van der Waals surface area (Å²) in [5.74, 6) is -0.264. The summed E-state index contributed by atoms with van der Waals surface area (Å²) in [5.41, 5.74) is 0. The van der Waals surface area contributed by atoms with Gasteiger partial charge in [-0.15, -0.1) is 0 Å². The molecular weight excluding hydrogens is 260 g/mol. The second kappa shape index (κ2) is 9.36. The molecule has 0 aliphatic heterocycles. The number of hydrogen-bond acceptors (Lipinski definition) is 5. The second-order valence-corrected chi connectivity index (χ2v) is 4.99. The Labute approximate surface area is 120 Å². The Morgan fingerprint density at radius 2 is 1.20 bits per heavy atom. The van der Waals surface area contributed by atoms with E-state index in [0.29, 0.717) is 19.5 Å². The van der Waals surface area contributed by atoms with Gasteiger partial charge in [0.25, 0.3) is 0 Å². The predicted octanol–water partition coefficient (Wildman–Crippen LogP) is 0.294. The van der Waals surface area contributed by atoms with Gasteiger partial charge in [0.2, 0.25) is 5.91 Å². The van der Waals surface area contributed by atoms with E-state index in [2.05, 4.69) is 0 Å². The van der Waals surface area contributed by atoms with E-state index >= 15 is 0 Å². The number of nitrogens with zero attached hydrogens (tertiary/aromatic N) is 2. The molecule has 0 unspecified atom stereocenters. The highest BCUT2D eigenvalue weighted by atomic mass is 16.2. The molecule has 0 N–H and O–H groups in total. The van der Waals surface area contributed by atoms with Crippen molar-refractivity contribution < 1.29 is 19.2 Å². The first kappa shape index (κ1) is 18.4. The van der Waals surface area contributed by atoms with Gasteiger partial charge in [-0.05, 0) is 20.8 Å². The summed E-state index contributed by atoms with van der Waals surface area (Å²) >= 11 is 0. The topological polar surface area (TPSA) is 74.8 Å². The van der Waals surface area contributed by atoms with Gasteiger partial charge in [0.1, 0.15) is 17.3 Å². The summed E-state index contributed by atoms with van der Waals surface area (Å²) in [6, 6.07) is 0. The lowest BCUT2D eigenvalue weighted by molar-refractivity contribution is -0.134. The summed E-state index contributed by atoms with van der Waals surface area (Å²) in [6.07, 6.45) is 0.326. The molecule has 0 aliphatic rings. The number of carbonyl (C=O) groups excluding carboxylic acids is 4. The van der Waals surface area contributed by atoms with E-state index in [4.69, 9.17) is 0 Å². The fraction of sp³-hybridized carbons (Fsp3) is 0.714. The Bertz CT molecular complexity index is 363. The zero-order valence-electron chi connectivity index (χ0n) is 12.8. The van der Waals surface area contributed by atoms with Crippen molar-refractivity contribution in [3.63, 3.8) is 0 Å². The molecule has 0 atom stereocenters. The Morgan fingerprint density at radius 1 is 0.750 bits per heavy atom. The van der Waals surface area contributed by atoms with Gasteiger partial charge in [0.05, 0.1) is 19.6 Å². The normalized spacial score (nSPS) is 10.4. The van der Waals surface area contributed by atoms with Crippen molar-refractivity contribution in [2.24, 2.45) is 0 Å². The average molecular weight is 284 g/mol. The average Bonchev–Trinajstić information content (AvgIpc) is 2.31. The highest BCUT2D eigenvalue weighted by molar-refractivity contribution is 5.84. The third-order valence-electron chi connectivity index (χ3n) is 2.65. The van der Waals surface area contributed by atoms with Gasteiger partial charge >= 0.3 is 0 Å². The molecule has 114 valence electrons. The molecule has 0 radical (unpaired) electrons. The van der Waals surface area contributed by atoms with Crippen LogP contribution in [0, 0.1) is 0 Å². The Morgan fingerprint density at radius 3 is 1.55 bits per heavy atom. The Hall–Kier alpha value is -1.56. The summed E-state index contributed by atoms with van der Waals surface area (Å²) in [7, 11) is 0. The van der Waals surface area contributed by atoms with E-state index in [1.165, 1.54) is 25.7 Å². The van der Waals surface area contributed by atoms with Crippen LogP contribution in [0.4, 0.5) is 0 Å². The van der Waals surface area contributed by atoms with Crippen molar-refractivity contribution in [1.29, 1.82) is 0 Å². The van der Waals surface area contributed by atoms with Gasteiger partial charge in [-0.1, -0.05) is 6.92 Å². The Kier molecular flexibility index (Phi) is 8.63. The zero-order chi connectivity index (χ0) is 15.7. The number of ketones is 3. The van der Waals surface area contributed by atoms with Gasteiger partial charge in [-0.2, -0.15) is 0 Å². The monoisotopic (exact) mass is 284 g/mol. The summed E-state index contributed by atoms with van der Waals surface area (Å²) in [4.78, 5) is 48.4. The van der Waals surface area contributed by atoms with Crippen molar-refractivity contribution in [1.82, 2.24) is 9.80 Å². The van der Waals surface area contributed by atoms with Gasteiger partial charge in [0.15, 0.2) is 0 Å². The second-order valence-electron chi connectivity index (χ2n) is 4.99. The van der Waals surface area contributed by atoms with Crippen molar-refractivity contribution in [2.45, 2.75) is 34.1 Å². The molecule has 0 saturated carbocycles. The number of Topliss-reactive ketones (excluding diaryl/α,β-unsaturated/α-hetero) is 3. The predicted molar refractivity (Wildman–Crippen MR) is 75.4 cm³/mol. The molecule has 0 aromatic carbocycles. The molecule has 6 heteroatoms. The minimum absolute atomic E-state index is 0.0359. The van der Waals surface area contributed by atoms with Crippen molar-refractivity contribution in [2.75, 3.05) is 32.7 Å². The van der Waals surface area contributed by atoms with Crippen LogP contribution < -0.4 is 0 Å². The summed E-state index contributed by atoms with van der Waals surface area (Å²) < 4.78 is 0. The molecule has 1 amide bonds. The van der Waals surface area contributed by atoms with Crippen molar-refractivity contribution in [3.8, 4) is 0 Å². The number of rotatable bonds is 10. The molecule has 20 heavy (non-hydrogen) atoms. The third kappa shape index (κ3) is 8.53. The SMILES string of the molecule is CCC(=O)N(CCN(CC(C)=O)CC(C)=O)CC(C)=O. The highest BCUT2D eigenvalue weighted by Crippen LogP contribution is 1.98. The molecule has 0 saturated heterocycles. The number of amides is 1. The molecule has 0 fully saturated rings.